The topological polar surface area (TPSA) is 64.7 Å². The fourth-order valence-electron chi connectivity index (χ4n) is 1.60. The normalized spacial score (nSPS) is 19.0. The molecule has 0 unspecified atom stereocenters. The number of nitrogens with zero attached hydrogens (tertiary/aromatic N) is 1. The van der Waals surface area contributed by atoms with Gasteiger partial charge in [0.15, 0.2) is 5.78 Å². The van der Waals surface area contributed by atoms with Gasteiger partial charge in [0.05, 0.1) is 17.9 Å². The number of ether oxygens (including phenoxy) is 1. The van der Waals surface area contributed by atoms with Gasteiger partial charge in [-0.3, -0.25) is 9.79 Å². The maximum absolute atomic E-state index is 11.6. The van der Waals surface area contributed by atoms with Crippen LogP contribution in [0.2, 0.25) is 0 Å². The lowest BCUT2D eigenvalue weighted by Gasteiger charge is -2.17. The summed E-state index contributed by atoms with van der Waals surface area (Å²) in [7, 11) is 3.23. The van der Waals surface area contributed by atoms with Crippen molar-refractivity contribution >= 4 is 11.5 Å². The monoisotopic (exact) mass is 196 g/mol. The molecular weight excluding hydrogens is 180 g/mol. The first-order chi connectivity index (χ1) is 6.70. The summed E-state index contributed by atoms with van der Waals surface area (Å²) >= 11 is 0. The van der Waals surface area contributed by atoms with Crippen molar-refractivity contribution in [2.45, 2.75) is 19.3 Å². The molecule has 0 atom stereocenters. The first-order valence-electron chi connectivity index (χ1n) is 4.67. The van der Waals surface area contributed by atoms with Gasteiger partial charge in [-0.05, 0) is 12.8 Å². The van der Waals surface area contributed by atoms with Gasteiger partial charge in [-0.25, -0.2) is 0 Å². The number of hydrogen-bond donors (Lipinski definition) is 1. The van der Waals surface area contributed by atoms with E-state index in [4.69, 9.17) is 10.5 Å². The van der Waals surface area contributed by atoms with E-state index in [2.05, 4.69) is 4.99 Å². The highest BCUT2D eigenvalue weighted by molar-refractivity contribution is 6.23. The molecule has 1 aliphatic rings. The maximum Gasteiger partial charge on any atom is 0.166 e. The molecule has 0 fully saturated rings. The third kappa shape index (κ3) is 2.20. The Kier molecular flexibility index (Phi) is 3.83. The van der Waals surface area contributed by atoms with Crippen LogP contribution in [0.3, 0.4) is 0 Å². The molecular formula is C10H16N2O2. The zero-order chi connectivity index (χ0) is 10.6. The van der Waals surface area contributed by atoms with Crippen LogP contribution < -0.4 is 5.73 Å². The van der Waals surface area contributed by atoms with Crippen molar-refractivity contribution in [3.8, 4) is 0 Å². The molecule has 0 aromatic heterocycles. The number of rotatable bonds is 3. The largest absolute Gasteiger partial charge is 0.401 e. The molecule has 0 spiro atoms. The van der Waals surface area contributed by atoms with Crippen molar-refractivity contribution in [3.05, 3.63) is 11.3 Å². The van der Waals surface area contributed by atoms with Gasteiger partial charge in [0.25, 0.3) is 0 Å². The summed E-state index contributed by atoms with van der Waals surface area (Å²) in [5, 5.41) is 0. The fourth-order valence-corrected chi connectivity index (χ4v) is 1.60. The Balaban J connectivity index is 2.97. The van der Waals surface area contributed by atoms with Gasteiger partial charge in [0.2, 0.25) is 0 Å². The molecule has 4 heteroatoms. The second kappa shape index (κ2) is 4.91. The van der Waals surface area contributed by atoms with Crippen LogP contribution in [0.25, 0.3) is 0 Å². The minimum atomic E-state index is 0.0893. The molecule has 0 aromatic carbocycles. The molecule has 0 amide bonds. The van der Waals surface area contributed by atoms with Crippen LogP contribution in [0.4, 0.5) is 0 Å². The smallest absolute Gasteiger partial charge is 0.166 e. The highest BCUT2D eigenvalue weighted by Crippen LogP contribution is 2.19. The molecule has 1 aliphatic carbocycles. The van der Waals surface area contributed by atoms with Gasteiger partial charge < -0.3 is 10.5 Å². The van der Waals surface area contributed by atoms with Crippen molar-refractivity contribution < 1.29 is 9.53 Å². The second-order valence-electron chi connectivity index (χ2n) is 3.28. The molecule has 2 N–H and O–H groups in total. The van der Waals surface area contributed by atoms with E-state index in [1.807, 2.05) is 0 Å². The molecule has 14 heavy (non-hydrogen) atoms. The number of carbonyl (C=O) groups is 1. The van der Waals surface area contributed by atoms with Crippen LogP contribution in [0.15, 0.2) is 16.3 Å². The first kappa shape index (κ1) is 10.9. The first-order valence-corrected chi connectivity index (χ1v) is 4.67. The van der Waals surface area contributed by atoms with E-state index in [-0.39, 0.29) is 5.78 Å². The van der Waals surface area contributed by atoms with Gasteiger partial charge >= 0.3 is 0 Å². The van der Waals surface area contributed by atoms with Gasteiger partial charge in [0, 0.05) is 26.3 Å². The van der Waals surface area contributed by atoms with E-state index in [0.717, 1.165) is 12.8 Å². The average Bonchev–Trinajstić information content (AvgIpc) is 2.16. The average molecular weight is 196 g/mol. The van der Waals surface area contributed by atoms with E-state index in [9.17, 15) is 4.79 Å². The summed E-state index contributed by atoms with van der Waals surface area (Å²) in [4.78, 5) is 15.6. The number of methoxy groups -OCH3 is 1. The van der Waals surface area contributed by atoms with E-state index >= 15 is 0 Å². The summed E-state index contributed by atoms with van der Waals surface area (Å²) < 4.78 is 4.97. The van der Waals surface area contributed by atoms with Crippen molar-refractivity contribution in [1.82, 2.24) is 0 Å². The van der Waals surface area contributed by atoms with E-state index in [0.29, 0.717) is 30.0 Å². The number of ketones is 1. The van der Waals surface area contributed by atoms with E-state index in [1.54, 1.807) is 14.2 Å². The molecule has 0 aromatic rings. The summed E-state index contributed by atoms with van der Waals surface area (Å²) in [6.07, 6.45) is 2.20. The van der Waals surface area contributed by atoms with E-state index in [1.165, 1.54) is 0 Å². The van der Waals surface area contributed by atoms with Crippen LogP contribution in [0.5, 0.6) is 0 Å². The number of Topliss-reactive ketones (excluding diaryl/α,β-unsaturated/α-hetero) is 1. The minimum absolute atomic E-state index is 0.0893. The molecule has 0 heterocycles. The van der Waals surface area contributed by atoms with Crippen LogP contribution >= 0.6 is 0 Å². The molecule has 0 saturated carbocycles. The lowest BCUT2D eigenvalue weighted by atomic mass is 9.92. The van der Waals surface area contributed by atoms with Crippen LogP contribution in [0, 0.1) is 0 Å². The van der Waals surface area contributed by atoms with Gasteiger partial charge in [-0.15, -0.1) is 0 Å². The van der Waals surface area contributed by atoms with Crippen molar-refractivity contribution in [2.24, 2.45) is 10.7 Å². The number of nitrogens with two attached hydrogens (primary N) is 1. The maximum atomic E-state index is 11.6. The van der Waals surface area contributed by atoms with Crippen molar-refractivity contribution in [2.75, 3.05) is 20.8 Å². The van der Waals surface area contributed by atoms with Crippen LogP contribution in [-0.4, -0.2) is 32.3 Å². The number of aliphatic imine (C=N–C) groups is 1. The summed E-state index contributed by atoms with van der Waals surface area (Å²) in [5.74, 6) is 0.0893. The molecule has 78 valence electrons. The van der Waals surface area contributed by atoms with Crippen molar-refractivity contribution in [3.63, 3.8) is 0 Å². The Morgan fingerprint density at radius 2 is 2.29 bits per heavy atom. The molecule has 0 aliphatic heterocycles. The lowest BCUT2D eigenvalue weighted by molar-refractivity contribution is -0.115. The minimum Gasteiger partial charge on any atom is -0.401 e. The third-order valence-corrected chi connectivity index (χ3v) is 2.29. The Morgan fingerprint density at radius 1 is 1.57 bits per heavy atom. The number of hydrogen-bond acceptors (Lipinski definition) is 4. The Labute approximate surface area is 83.8 Å². The standard InChI is InChI=1S/C10H16N2O2/c1-12-8(6-14-2)10-7(11)4-3-5-9(10)13/h3-6,11H2,1-2H3. The highest BCUT2D eigenvalue weighted by atomic mass is 16.5. The second-order valence-corrected chi connectivity index (χ2v) is 3.28. The Hall–Kier alpha value is -1.16. The molecule has 4 nitrogen and oxygen atoms in total. The van der Waals surface area contributed by atoms with Gasteiger partial charge in [-0.1, -0.05) is 0 Å². The summed E-state index contributed by atoms with van der Waals surface area (Å²) in [5.41, 5.74) is 7.70. The predicted molar refractivity (Wildman–Crippen MR) is 55.3 cm³/mol. The van der Waals surface area contributed by atoms with Gasteiger partial charge in [-0.2, -0.15) is 0 Å². The Bertz CT molecular complexity index is 292. The number of allylic oxidation sites excluding steroid dienone is 1. The summed E-state index contributed by atoms with van der Waals surface area (Å²) in [6.45, 7) is 0.346. The molecule has 0 radical (unpaired) electrons. The molecule has 1 rings (SSSR count). The molecule has 0 saturated heterocycles. The highest BCUT2D eigenvalue weighted by Gasteiger charge is 2.22. The Morgan fingerprint density at radius 3 is 2.79 bits per heavy atom. The summed E-state index contributed by atoms with van der Waals surface area (Å²) in [6, 6.07) is 0. The third-order valence-electron chi connectivity index (χ3n) is 2.29. The number of carbonyl (C=O) groups excluding carboxylic acids is 1. The van der Waals surface area contributed by atoms with Crippen molar-refractivity contribution in [1.29, 1.82) is 0 Å². The van der Waals surface area contributed by atoms with Crippen LogP contribution in [0.1, 0.15) is 19.3 Å². The lowest BCUT2D eigenvalue weighted by Crippen LogP contribution is -2.25. The van der Waals surface area contributed by atoms with E-state index < -0.39 is 0 Å². The fraction of sp³-hybridized carbons (Fsp3) is 0.600. The van der Waals surface area contributed by atoms with Crippen LogP contribution in [-0.2, 0) is 9.53 Å². The quantitative estimate of drug-likeness (QED) is 0.675. The SMILES string of the molecule is CN=C(COC)C1=C(N)CCCC1=O. The van der Waals surface area contributed by atoms with Gasteiger partial charge in [0.1, 0.15) is 0 Å². The zero-order valence-electron chi connectivity index (χ0n) is 8.67. The molecule has 0 bridgehead atoms. The zero-order valence-corrected chi connectivity index (χ0v) is 8.67. The predicted octanol–water partition coefficient (Wildman–Crippen LogP) is 0.669.